The van der Waals surface area contributed by atoms with Crippen molar-refractivity contribution in [1.82, 2.24) is 19.8 Å². The molecule has 0 saturated carbocycles. The van der Waals surface area contributed by atoms with E-state index in [1.54, 1.807) is 11.8 Å². The van der Waals surface area contributed by atoms with Crippen LogP contribution in [0.2, 0.25) is 0 Å². The Hall–Kier alpha value is -2.20. The number of hydrogen-bond donors (Lipinski definition) is 4. The maximum Gasteiger partial charge on any atom is 0.353 e. The molecule has 4 aliphatic heterocycles. The van der Waals surface area contributed by atoms with Crippen LogP contribution in [0.15, 0.2) is 10.6 Å². The molecule has 4 aliphatic rings. The quantitative estimate of drug-likeness (QED) is 0.178. The van der Waals surface area contributed by atoms with E-state index in [-0.39, 0.29) is 35.2 Å². The van der Waals surface area contributed by atoms with Gasteiger partial charge in [-0.15, -0.1) is 11.8 Å². The fourth-order valence-electron chi connectivity index (χ4n) is 6.19. The number of nitrogens with zero attached hydrogens (tertiary/aromatic N) is 3. The van der Waals surface area contributed by atoms with Gasteiger partial charge in [-0.05, 0) is 13.3 Å². The van der Waals surface area contributed by atoms with Crippen molar-refractivity contribution in [1.29, 1.82) is 0 Å². The van der Waals surface area contributed by atoms with E-state index in [4.69, 9.17) is 5.73 Å². The van der Waals surface area contributed by atoms with Crippen molar-refractivity contribution in [3.05, 3.63) is 10.6 Å². The average molecular weight is 574 g/mol. The molecule has 0 bridgehead atoms. The molecule has 38 heavy (non-hydrogen) atoms. The standard InChI is InChI=1S/C23H36N6O7S2/c1-12-18-17(13(2)26-38(4,35)36)22(32)28(18)19(23(33)34)20(12)37-14-9-15(25-10-14)21(31)27-5-7-29(3,8-6-27)11-16(24)30/h12-15,17-18,25-26H,5-11H2,1-4H3,(H2-,24,30,33,34)/p+1/t12-,13?,14+,15+,17-,18-/m1/s1. The number of sulfonamides is 1. The van der Waals surface area contributed by atoms with E-state index < -0.39 is 45.9 Å². The minimum atomic E-state index is -3.53. The van der Waals surface area contributed by atoms with Crippen molar-refractivity contribution in [2.75, 3.05) is 52.6 Å². The fourth-order valence-corrected chi connectivity index (χ4v) is 8.49. The molecule has 4 heterocycles. The molecule has 6 atom stereocenters. The van der Waals surface area contributed by atoms with Crippen LogP contribution < -0.4 is 15.8 Å². The summed E-state index contributed by atoms with van der Waals surface area (Å²) in [7, 11) is -1.58. The number of primary amides is 1. The van der Waals surface area contributed by atoms with Gasteiger partial charge < -0.3 is 30.4 Å². The number of carboxylic acids is 1. The highest BCUT2D eigenvalue weighted by Crippen LogP contribution is 2.51. The smallest absolute Gasteiger partial charge is 0.353 e. The Morgan fingerprint density at radius 3 is 2.47 bits per heavy atom. The van der Waals surface area contributed by atoms with E-state index in [1.165, 1.54) is 16.7 Å². The number of amides is 3. The number of carbonyl (C=O) groups excluding carboxylic acids is 3. The summed E-state index contributed by atoms with van der Waals surface area (Å²) in [6, 6.07) is -1.49. The number of piperazine rings is 1. The third-order valence-electron chi connectivity index (χ3n) is 8.08. The van der Waals surface area contributed by atoms with Crippen LogP contribution in [0.25, 0.3) is 0 Å². The molecule has 3 saturated heterocycles. The van der Waals surface area contributed by atoms with Gasteiger partial charge in [0.2, 0.25) is 21.8 Å². The summed E-state index contributed by atoms with van der Waals surface area (Å²) in [5, 5.41) is 13.2. The van der Waals surface area contributed by atoms with E-state index >= 15 is 0 Å². The Labute approximate surface area is 226 Å². The highest BCUT2D eigenvalue weighted by molar-refractivity contribution is 8.03. The lowest BCUT2D eigenvalue weighted by Crippen LogP contribution is -2.66. The zero-order chi connectivity index (χ0) is 28.2. The zero-order valence-corrected chi connectivity index (χ0v) is 23.7. The van der Waals surface area contributed by atoms with Crippen molar-refractivity contribution < 1.29 is 37.2 Å². The summed E-state index contributed by atoms with van der Waals surface area (Å²) in [5.74, 6) is -2.90. The van der Waals surface area contributed by atoms with E-state index in [1.807, 2.05) is 14.0 Å². The zero-order valence-electron chi connectivity index (χ0n) is 22.0. The number of likely N-dealkylation sites (N-methyl/N-ethyl adjacent to an activating group) is 1. The molecule has 0 aromatic carbocycles. The second kappa shape index (κ2) is 10.4. The van der Waals surface area contributed by atoms with Gasteiger partial charge in [0.15, 0.2) is 6.54 Å². The number of carbonyl (C=O) groups is 4. The predicted molar refractivity (Wildman–Crippen MR) is 140 cm³/mol. The Morgan fingerprint density at radius 2 is 1.92 bits per heavy atom. The van der Waals surface area contributed by atoms with Gasteiger partial charge in [-0.25, -0.2) is 17.9 Å². The number of quaternary nitrogens is 1. The number of hydrogen-bond acceptors (Lipinski definition) is 8. The third-order valence-corrected chi connectivity index (χ3v) is 10.4. The lowest BCUT2D eigenvalue weighted by atomic mass is 9.78. The monoisotopic (exact) mass is 573 g/mol. The largest absolute Gasteiger partial charge is 0.477 e. The predicted octanol–water partition coefficient (Wildman–Crippen LogP) is -2.07. The van der Waals surface area contributed by atoms with Crippen LogP contribution in [-0.2, 0) is 29.2 Å². The molecule has 1 unspecified atom stereocenters. The summed E-state index contributed by atoms with van der Waals surface area (Å²) < 4.78 is 26.4. The average Bonchev–Trinajstić information content (AvgIpc) is 3.34. The molecule has 3 amide bonds. The van der Waals surface area contributed by atoms with Crippen LogP contribution in [0.1, 0.15) is 20.3 Å². The van der Waals surface area contributed by atoms with Gasteiger partial charge in [-0.3, -0.25) is 14.4 Å². The molecule has 15 heteroatoms. The molecular weight excluding hydrogens is 536 g/mol. The van der Waals surface area contributed by atoms with Gasteiger partial charge >= 0.3 is 5.97 Å². The first-order valence-electron chi connectivity index (χ1n) is 12.7. The van der Waals surface area contributed by atoms with Crippen LogP contribution >= 0.6 is 11.8 Å². The second-order valence-corrected chi connectivity index (χ2v) is 14.3. The van der Waals surface area contributed by atoms with Crippen LogP contribution in [0.5, 0.6) is 0 Å². The number of carboxylic acid groups (broad SMARTS) is 1. The summed E-state index contributed by atoms with van der Waals surface area (Å²) in [4.78, 5) is 53.3. The minimum absolute atomic E-state index is 0.00920. The number of nitrogens with two attached hydrogens (primary N) is 1. The molecule has 5 N–H and O–H groups in total. The Kier molecular flexibility index (Phi) is 7.89. The number of β-lactam (4-membered cyclic amide) rings is 1. The number of nitrogens with one attached hydrogen (secondary N) is 2. The highest BCUT2D eigenvalue weighted by atomic mass is 32.2. The first-order chi connectivity index (χ1) is 17.6. The Morgan fingerprint density at radius 1 is 1.29 bits per heavy atom. The molecule has 13 nitrogen and oxygen atoms in total. The van der Waals surface area contributed by atoms with Crippen LogP contribution in [0.3, 0.4) is 0 Å². The molecule has 0 aromatic rings. The lowest BCUT2D eigenvalue weighted by molar-refractivity contribution is -0.905. The number of rotatable bonds is 9. The van der Waals surface area contributed by atoms with Crippen molar-refractivity contribution in [2.24, 2.45) is 17.6 Å². The highest BCUT2D eigenvalue weighted by Gasteiger charge is 2.60. The van der Waals surface area contributed by atoms with Crippen molar-refractivity contribution >= 4 is 45.5 Å². The molecule has 4 rings (SSSR count). The summed E-state index contributed by atoms with van der Waals surface area (Å²) in [6.07, 6.45) is 1.54. The molecule has 0 aliphatic carbocycles. The van der Waals surface area contributed by atoms with Crippen molar-refractivity contribution in [2.45, 2.75) is 43.6 Å². The van der Waals surface area contributed by atoms with Gasteiger partial charge in [0, 0.05) is 28.7 Å². The normalized spacial score (nSPS) is 31.7. The van der Waals surface area contributed by atoms with Gasteiger partial charge in [-0.1, -0.05) is 6.92 Å². The van der Waals surface area contributed by atoms with E-state index in [9.17, 15) is 32.7 Å². The topological polar surface area (TPSA) is 179 Å². The third kappa shape index (κ3) is 5.57. The van der Waals surface area contributed by atoms with Crippen molar-refractivity contribution in [3.8, 4) is 0 Å². The van der Waals surface area contributed by atoms with Crippen LogP contribution in [0, 0.1) is 11.8 Å². The fraction of sp³-hybridized carbons (Fsp3) is 0.739. The second-order valence-electron chi connectivity index (χ2n) is 11.2. The SMILES string of the molecule is CC(NS(C)(=O)=O)[C@H]1C(=O)N2C(C(=O)O)=C(S[C@@H]3CN[C@H](C(=O)N4CC[N+](C)(CC(N)=O)CC4)C3)[C@H](C)[C@H]12. The summed E-state index contributed by atoms with van der Waals surface area (Å²) in [6.45, 7) is 6.59. The molecule has 0 aromatic heterocycles. The van der Waals surface area contributed by atoms with Gasteiger partial charge in [-0.2, -0.15) is 0 Å². The number of fused-ring (bicyclic) bond motifs is 1. The molecule has 0 radical (unpaired) electrons. The van der Waals surface area contributed by atoms with Gasteiger partial charge in [0.05, 0.1) is 57.5 Å². The van der Waals surface area contributed by atoms with Crippen LogP contribution in [-0.4, -0.2) is 127 Å². The van der Waals surface area contributed by atoms with Gasteiger partial charge in [0.1, 0.15) is 5.70 Å². The number of thioether (sulfide) groups is 1. The summed E-state index contributed by atoms with van der Waals surface area (Å²) >= 11 is 1.39. The lowest BCUT2D eigenvalue weighted by Gasteiger charge is -2.47. The van der Waals surface area contributed by atoms with E-state index in [0.29, 0.717) is 48.5 Å². The molecule has 0 spiro atoms. The Bertz CT molecular complexity index is 1170. The van der Waals surface area contributed by atoms with E-state index in [2.05, 4.69) is 10.0 Å². The molecule has 3 fully saturated rings. The van der Waals surface area contributed by atoms with Crippen molar-refractivity contribution in [3.63, 3.8) is 0 Å². The summed E-state index contributed by atoms with van der Waals surface area (Å²) in [5.41, 5.74) is 5.32. The maximum absolute atomic E-state index is 13.2. The first-order valence-corrected chi connectivity index (χ1v) is 15.5. The Balaban J connectivity index is 1.39. The van der Waals surface area contributed by atoms with Crippen LogP contribution in [0.4, 0.5) is 0 Å². The van der Waals surface area contributed by atoms with Gasteiger partial charge in [0.25, 0.3) is 5.91 Å². The minimum Gasteiger partial charge on any atom is -0.477 e. The molecular formula is C23H37N6O7S2+. The number of aliphatic carboxylic acids is 1. The maximum atomic E-state index is 13.2. The molecule has 212 valence electrons. The van der Waals surface area contributed by atoms with E-state index in [0.717, 1.165) is 6.26 Å². The first kappa shape index (κ1) is 28.8.